The van der Waals surface area contributed by atoms with Gasteiger partial charge in [-0.3, -0.25) is 4.90 Å². The normalized spacial score (nSPS) is 16.5. The maximum absolute atomic E-state index is 5.62. The van der Waals surface area contributed by atoms with Crippen molar-refractivity contribution in [1.82, 2.24) is 4.90 Å². The lowest BCUT2D eigenvalue weighted by atomic mass is 9.93. The van der Waals surface area contributed by atoms with Crippen LogP contribution in [0.3, 0.4) is 0 Å². The molecule has 1 aliphatic rings. The molecule has 1 heterocycles. The van der Waals surface area contributed by atoms with Gasteiger partial charge in [-0.2, -0.15) is 0 Å². The van der Waals surface area contributed by atoms with E-state index in [2.05, 4.69) is 36.1 Å². The van der Waals surface area contributed by atoms with Gasteiger partial charge in [0.1, 0.15) is 0 Å². The van der Waals surface area contributed by atoms with Gasteiger partial charge in [0.2, 0.25) is 0 Å². The van der Waals surface area contributed by atoms with Crippen molar-refractivity contribution in [2.45, 2.75) is 32.7 Å². The van der Waals surface area contributed by atoms with Gasteiger partial charge in [-0.1, -0.05) is 29.8 Å². The smallest absolute Gasteiger partial charge is 0.0233 e. The number of nitrogens with zero attached hydrogens (tertiary/aromatic N) is 1. The minimum atomic E-state index is 0. The molecule has 0 radical (unpaired) electrons. The highest BCUT2D eigenvalue weighted by atomic mass is 35.5. The van der Waals surface area contributed by atoms with Crippen LogP contribution in [0.1, 0.15) is 30.4 Å². The molecule has 0 spiro atoms. The number of likely N-dealkylation sites (tertiary alicyclic amines) is 1. The molecule has 19 heavy (non-hydrogen) atoms. The summed E-state index contributed by atoms with van der Waals surface area (Å²) in [6, 6.07) is 8.85. The van der Waals surface area contributed by atoms with Crippen molar-refractivity contribution >= 4 is 24.8 Å². The highest BCUT2D eigenvalue weighted by Gasteiger charge is 2.18. The Morgan fingerprint density at radius 3 is 2.47 bits per heavy atom. The Balaban J connectivity index is 0.00000162. The summed E-state index contributed by atoms with van der Waals surface area (Å²) in [6.45, 7) is 6.59. The lowest BCUT2D eigenvalue weighted by molar-refractivity contribution is 0.173. The van der Waals surface area contributed by atoms with Crippen LogP contribution in [-0.2, 0) is 6.54 Å². The van der Waals surface area contributed by atoms with Gasteiger partial charge in [0.25, 0.3) is 0 Å². The summed E-state index contributed by atoms with van der Waals surface area (Å²) >= 11 is 0. The molecule has 2 N–H and O–H groups in total. The molecule has 1 fully saturated rings. The maximum Gasteiger partial charge on any atom is 0.0233 e. The first-order valence-corrected chi connectivity index (χ1v) is 6.76. The summed E-state index contributed by atoms with van der Waals surface area (Å²) in [5.74, 6) is 0.869. The lowest BCUT2D eigenvalue weighted by Crippen LogP contribution is -2.33. The van der Waals surface area contributed by atoms with Crippen LogP contribution in [0.2, 0.25) is 0 Å². The fraction of sp³-hybridized carbons (Fsp3) is 0.600. The first-order valence-electron chi connectivity index (χ1n) is 6.76. The summed E-state index contributed by atoms with van der Waals surface area (Å²) in [5, 5.41) is 0. The number of hydrogen-bond acceptors (Lipinski definition) is 2. The number of nitrogens with two attached hydrogens (primary N) is 1. The molecule has 0 unspecified atom stereocenters. The number of benzene rings is 1. The second-order valence-corrected chi connectivity index (χ2v) is 5.29. The number of halogens is 2. The molecule has 1 aliphatic heterocycles. The molecule has 0 amide bonds. The van der Waals surface area contributed by atoms with Gasteiger partial charge in [0.15, 0.2) is 0 Å². The highest BCUT2D eigenvalue weighted by molar-refractivity contribution is 5.85. The molecule has 0 atom stereocenters. The van der Waals surface area contributed by atoms with Crippen LogP contribution in [0.25, 0.3) is 0 Å². The minimum Gasteiger partial charge on any atom is -0.330 e. The second kappa shape index (κ2) is 9.60. The molecule has 2 nitrogen and oxygen atoms in total. The van der Waals surface area contributed by atoms with Gasteiger partial charge >= 0.3 is 0 Å². The predicted octanol–water partition coefficient (Wildman–Crippen LogP) is 3.40. The van der Waals surface area contributed by atoms with E-state index in [-0.39, 0.29) is 24.8 Å². The average molecular weight is 305 g/mol. The first-order chi connectivity index (χ1) is 8.28. The van der Waals surface area contributed by atoms with E-state index in [0.717, 1.165) is 19.0 Å². The van der Waals surface area contributed by atoms with Crippen LogP contribution in [0, 0.1) is 12.8 Å². The summed E-state index contributed by atoms with van der Waals surface area (Å²) in [5.41, 5.74) is 8.43. The number of aryl methyl sites for hydroxylation is 1. The van der Waals surface area contributed by atoms with Crippen molar-refractivity contribution in [3.8, 4) is 0 Å². The zero-order valence-electron chi connectivity index (χ0n) is 11.7. The Hall–Kier alpha value is -0.280. The first kappa shape index (κ1) is 18.7. The van der Waals surface area contributed by atoms with Crippen molar-refractivity contribution < 1.29 is 0 Å². The molecule has 1 aromatic carbocycles. The standard InChI is InChI=1S/C15H24N2.2ClH/c1-13-3-2-4-15(11-13)12-17-9-6-14(5-8-16)7-10-17;;/h2-4,11,14H,5-10,12,16H2,1H3;2*1H. The van der Waals surface area contributed by atoms with Crippen molar-refractivity contribution in [2.75, 3.05) is 19.6 Å². The van der Waals surface area contributed by atoms with Crippen LogP contribution in [0.5, 0.6) is 0 Å². The molecular weight excluding hydrogens is 279 g/mol. The third-order valence-electron chi connectivity index (χ3n) is 3.77. The largest absolute Gasteiger partial charge is 0.330 e. The molecule has 4 heteroatoms. The Labute approximate surface area is 129 Å². The number of rotatable bonds is 4. The third kappa shape index (κ3) is 6.13. The molecule has 110 valence electrons. The Morgan fingerprint density at radius 1 is 1.21 bits per heavy atom. The van der Waals surface area contributed by atoms with E-state index in [9.17, 15) is 0 Å². The van der Waals surface area contributed by atoms with Gasteiger partial charge in [0.05, 0.1) is 0 Å². The lowest BCUT2D eigenvalue weighted by Gasteiger charge is -2.31. The zero-order valence-corrected chi connectivity index (χ0v) is 13.3. The summed E-state index contributed by atoms with van der Waals surface area (Å²) in [4.78, 5) is 2.57. The van der Waals surface area contributed by atoms with Crippen LogP contribution in [0.4, 0.5) is 0 Å². The van der Waals surface area contributed by atoms with Crippen molar-refractivity contribution in [2.24, 2.45) is 11.7 Å². The molecular formula is C15H26Cl2N2. The Kier molecular flexibility index (Phi) is 9.46. The second-order valence-electron chi connectivity index (χ2n) is 5.29. The van der Waals surface area contributed by atoms with Gasteiger partial charge < -0.3 is 5.73 Å². The van der Waals surface area contributed by atoms with E-state index in [0.29, 0.717) is 0 Å². The van der Waals surface area contributed by atoms with Crippen LogP contribution in [0.15, 0.2) is 24.3 Å². The van der Waals surface area contributed by atoms with Crippen molar-refractivity contribution in [3.05, 3.63) is 35.4 Å². The molecule has 2 rings (SSSR count). The maximum atomic E-state index is 5.62. The SMILES string of the molecule is Cc1cccc(CN2CCC(CCN)CC2)c1.Cl.Cl. The van der Waals surface area contributed by atoms with Gasteiger partial charge in [-0.25, -0.2) is 0 Å². The monoisotopic (exact) mass is 304 g/mol. The van der Waals surface area contributed by atoms with E-state index >= 15 is 0 Å². The minimum absolute atomic E-state index is 0. The molecule has 0 saturated carbocycles. The fourth-order valence-corrected chi connectivity index (χ4v) is 2.74. The molecule has 0 bridgehead atoms. The topological polar surface area (TPSA) is 29.3 Å². The average Bonchev–Trinajstić information content (AvgIpc) is 2.32. The van der Waals surface area contributed by atoms with E-state index in [4.69, 9.17) is 5.73 Å². The molecule has 0 aromatic heterocycles. The third-order valence-corrected chi connectivity index (χ3v) is 3.77. The van der Waals surface area contributed by atoms with Crippen LogP contribution >= 0.6 is 24.8 Å². The van der Waals surface area contributed by atoms with E-state index in [1.807, 2.05) is 0 Å². The van der Waals surface area contributed by atoms with Gasteiger partial charge in [-0.05, 0) is 57.3 Å². The Bertz CT molecular complexity index is 350. The summed E-state index contributed by atoms with van der Waals surface area (Å²) in [6.07, 6.45) is 3.85. The highest BCUT2D eigenvalue weighted by Crippen LogP contribution is 2.21. The predicted molar refractivity (Wildman–Crippen MR) is 87.3 cm³/mol. The van der Waals surface area contributed by atoms with Crippen molar-refractivity contribution in [3.63, 3.8) is 0 Å². The Morgan fingerprint density at radius 2 is 1.89 bits per heavy atom. The molecule has 1 saturated heterocycles. The van der Waals surface area contributed by atoms with E-state index in [1.165, 1.54) is 43.5 Å². The molecule has 0 aliphatic carbocycles. The van der Waals surface area contributed by atoms with Gasteiger partial charge in [-0.15, -0.1) is 24.8 Å². The quantitative estimate of drug-likeness (QED) is 0.924. The summed E-state index contributed by atoms with van der Waals surface area (Å²) in [7, 11) is 0. The van der Waals surface area contributed by atoms with Crippen molar-refractivity contribution in [1.29, 1.82) is 0 Å². The van der Waals surface area contributed by atoms with E-state index in [1.54, 1.807) is 0 Å². The number of hydrogen-bond donors (Lipinski definition) is 1. The van der Waals surface area contributed by atoms with Gasteiger partial charge in [0, 0.05) is 6.54 Å². The van der Waals surface area contributed by atoms with Crippen LogP contribution in [-0.4, -0.2) is 24.5 Å². The van der Waals surface area contributed by atoms with Crippen LogP contribution < -0.4 is 5.73 Å². The number of piperidine rings is 1. The van der Waals surface area contributed by atoms with E-state index < -0.39 is 0 Å². The fourth-order valence-electron chi connectivity index (χ4n) is 2.74. The zero-order chi connectivity index (χ0) is 12.1. The molecule has 1 aromatic rings. The summed E-state index contributed by atoms with van der Waals surface area (Å²) < 4.78 is 0.